The lowest BCUT2D eigenvalue weighted by molar-refractivity contribution is -0.121. The summed E-state index contributed by atoms with van der Waals surface area (Å²) < 4.78 is 5.15. The highest BCUT2D eigenvalue weighted by Gasteiger charge is 2.18. The topological polar surface area (TPSA) is 38.3 Å². The van der Waals surface area contributed by atoms with Gasteiger partial charge in [0.1, 0.15) is 5.75 Å². The summed E-state index contributed by atoms with van der Waals surface area (Å²) in [5.41, 5.74) is 3.45. The molecule has 2 aromatic carbocycles. The van der Waals surface area contributed by atoms with Crippen LogP contribution in [0, 0.1) is 5.92 Å². The van der Waals surface area contributed by atoms with Gasteiger partial charge < -0.3 is 10.1 Å². The molecule has 0 aliphatic heterocycles. The van der Waals surface area contributed by atoms with E-state index in [1.54, 1.807) is 7.11 Å². The van der Waals surface area contributed by atoms with Gasteiger partial charge in [0.05, 0.1) is 19.6 Å². The Hall–Kier alpha value is -2.29. The minimum atomic E-state index is 0.0293. The van der Waals surface area contributed by atoms with E-state index in [9.17, 15) is 4.79 Å². The molecular weight excluding hydrogens is 298 g/mol. The van der Waals surface area contributed by atoms with E-state index in [1.807, 2.05) is 24.3 Å². The SMILES string of the molecule is CCc1ccc([C@@H](NC(=O)Cc2ccc(OC)cc2)C(C)C)cc1. The van der Waals surface area contributed by atoms with E-state index in [1.165, 1.54) is 5.56 Å². The van der Waals surface area contributed by atoms with Gasteiger partial charge in [-0.25, -0.2) is 0 Å². The normalized spacial score (nSPS) is 12.0. The summed E-state index contributed by atoms with van der Waals surface area (Å²) in [6.45, 7) is 6.41. The number of benzene rings is 2. The highest BCUT2D eigenvalue weighted by Crippen LogP contribution is 2.22. The highest BCUT2D eigenvalue weighted by molar-refractivity contribution is 5.79. The zero-order valence-electron chi connectivity index (χ0n) is 15.0. The molecule has 0 bridgehead atoms. The third kappa shape index (κ3) is 4.85. The van der Waals surface area contributed by atoms with Gasteiger partial charge in [0.25, 0.3) is 0 Å². The van der Waals surface area contributed by atoms with Gasteiger partial charge in [-0.2, -0.15) is 0 Å². The van der Waals surface area contributed by atoms with Crippen molar-refractivity contribution in [3.8, 4) is 5.75 Å². The number of carbonyl (C=O) groups is 1. The maximum Gasteiger partial charge on any atom is 0.224 e. The highest BCUT2D eigenvalue weighted by atomic mass is 16.5. The van der Waals surface area contributed by atoms with Crippen molar-refractivity contribution in [2.75, 3.05) is 7.11 Å². The molecule has 1 N–H and O–H groups in total. The van der Waals surface area contributed by atoms with E-state index in [0.29, 0.717) is 12.3 Å². The van der Waals surface area contributed by atoms with Crippen molar-refractivity contribution in [3.05, 3.63) is 65.2 Å². The molecule has 0 aliphatic carbocycles. The first-order valence-corrected chi connectivity index (χ1v) is 8.54. The monoisotopic (exact) mass is 325 g/mol. The Balaban J connectivity index is 2.04. The molecule has 0 aromatic heterocycles. The van der Waals surface area contributed by atoms with E-state index in [0.717, 1.165) is 23.3 Å². The van der Waals surface area contributed by atoms with Crippen LogP contribution in [0.25, 0.3) is 0 Å². The van der Waals surface area contributed by atoms with Crippen molar-refractivity contribution in [1.29, 1.82) is 0 Å². The molecule has 3 heteroatoms. The molecule has 0 saturated carbocycles. The summed E-state index contributed by atoms with van der Waals surface area (Å²) in [4.78, 5) is 12.4. The Bertz CT molecular complexity index is 645. The number of carbonyl (C=O) groups excluding carboxylic acids is 1. The third-order valence-corrected chi connectivity index (χ3v) is 4.25. The molecule has 0 radical (unpaired) electrons. The van der Waals surface area contributed by atoms with Gasteiger partial charge in [-0.15, -0.1) is 0 Å². The Morgan fingerprint density at radius 1 is 1.00 bits per heavy atom. The average molecular weight is 325 g/mol. The second-order valence-electron chi connectivity index (χ2n) is 6.41. The molecule has 128 valence electrons. The fraction of sp³-hybridized carbons (Fsp3) is 0.381. The van der Waals surface area contributed by atoms with Crippen LogP contribution in [0.5, 0.6) is 5.75 Å². The Morgan fingerprint density at radius 2 is 1.58 bits per heavy atom. The van der Waals surface area contributed by atoms with Crippen molar-refractivity contribution >= 4 is 5.91 Å². The Kier molecular flexibility index (Phi) is 6.42. The van der Waals surface area contributed by atoms with Gasteiger partial charge in [0.15, 0.2) is 0 Å². The van der Waals surface area contributed by atoms with Crippen LogP contribution in [-0.4, -0.2) is 13.0 Å². The summed E-state index contributed by atoms with van der Waals surface area (Å²) in [7, 11) is 1.64. The number of hydrogen-bond donors (Lipinski definition) is 1. The molecule has 0 unspecified atom stereocenters. The first-order chi connectivity index (χ1) is 11.5. The first-order valence-electron chi connectivity index (χ1n) is 8.54. The minimum Gasteiger partial charge on any atom is -0.497 e. The molecule has 3 nitrogen and oxygen atoms in total. The van der Waals surface area contributed by atoms with E-state index in [2.05, 4.69) is 50.4 Å². The summed E-state index contributed by atoms with van der Waals surface area (Å²) in [6.07, 6.45) is 1.40. The first kappa shape index (κ1) is 18.1. The van der Waals surface area contributed by atoms with Gasteiger partial charge >= 0.3 is 0 Å². The van der Waals surface area contributed by atoms with Crippen LogP contribution in [0.3, 0.4) is 0 Å². The maximum atomic E-state index is 12.4. The van der Waals surface area contributed by atoms with E-state index < -0.39 is 0 Å². The largest absolute Gasteiger partial charge is 0.497 e. The number of nitrogens with one attached hydrogen (secondary N) is 1. The lowest BCUT2D eigenvalue weighted by Gasteiger charge is -2.23. The quantitative estimate of drug-likeness (QED) is 0.823. The predicted octanol–water partition coefficient (Wildman–Crippen LogP) is 4.31. The van der Waals surface area contributed by atoms with Gasteiger partial charge in [0.2, 0.25) is 5.91 Å². The molecule has 24 heavy (non-hydrogen) atoms. The molecule has 1 atom stereocenters. The van der Waals surface area contributed by atoms with Crippen molar-refractivity contribution in [2.24, 2.45) is 5.92 Å². The number of methoxy groups -OCH3 is 1. The van der Waals surface area contributed by atoms with E-state index >= 15 is 0 Å². The van der Waals surface area contributed by atoms with Crippen molar-refractivity contribution in [2.45, 2.75) is 39.7 Å². The summed E-state index contributed by atoms with van der Waals surface area (Å²) in [5.74, 6) is 1.17. The summed E-state index contributed by atoms with van der Waals surface area (Å²) in [6, 6.07) is 16.2. The number of rotatable bonds is 7. The number of aryl methyl sites for hydroxylation is 1. The second kappa shape index (κ2) is 8.53. The van der Waals surface area contributed by atoms with E-state index in [4.69, 9.17) is 4.74 Å². The molecule has 0 aliphatic rings. The van der Waals surface area contributed by atoms with Crippen molar-refractivity contribution in [3.63, 3.8) is 0 Å². The van der Waals surface area contributed by atoms with E-state index in [-0.39, 0.29) is 11.9 Å². The van der Waals surface area contributed by atoms with Crippen LogP contribution in [0.1, 0.15) is 43.5 Å². The molecule has 2 aromatic rings. The Morgan fingerprint density at radius 3 is 2.08 bits per heavy atom. The number of amides is 1. The van der Waals surface area contributed by atoms with Crippen molar-refractivity contribution in [1.82, 2.24) is 5.32 Å². The number of hydrogen-bond acceptors (Lipinski definition) is 2. The van der Waals surface area contributed by atoms with Crippen LogP contribution in [-0.2, 0) is 17.6 Å². The molecule has 0 heterocycles. The van der Waals surface area contributed by atoms with Gasteiger partial charge in [0, 0.05) is 0 Å². The summed E-state index contributed by atoms with van der Waals surface area (Å²) in [5, 5.41) is 3.18. The van der Waals surface area contributed by atoms with Crippen LogP contribution in [0.15, 0.2) is 48.5 Å². The smallest absolute Gasteiger partial charge is 0.224 e. The maximum absolute atomic E-state index is 12.4. The van der Waals surface area contributed by atoms with Gasteiger partial charge in [-0.1, -0.05) is 57.2 Å². The minimum absolute atomic E-state index is 0.0293. The fourth-order valence-electron chi connectivity index (χ4n) is 2.75. The van der Waals surface area contributed by atoms with Gasteiger partial charge in [-0.05, 0) is 41.2 Å². The molecule has 1 amide bonds. The van der Waals surface area contributed by atoms with Crippen molar-refractivity contribution < 1.29 is 9.53 Å². The predicted molar refractivity (Wildman–Crippen MR) is 98.2 cm³/mol. The van der Waals surface area contributed by atoms with Crippen LogP contribution < -0.4 is 10.1 Å². The Labute approximate surface area is 145 Å². The zero-order chi connectivity index (χ0) is 17.5. The van der Waals surface area contributed by atoms with Crippen LogP contribution in [0.2, 0.25) is 0 Å². The molecule has 0 spiro atoms. The molecule has 0 fully saturated rings. The standard InChI is InChI=1S/C21H27NO2/c1-5-16-6-10-18(11-7-16)21(15(2)3)22-20(23)14-17-8-12-19(24-4)13-9-17/h6-13,15,21H,5,14H2,1-4H3,(H,22,23)/t21-/m0/s1. The van der Waals surface area contributed by atoms with Gasteiger partial charge in [-0.3, -0.25) is 4.79 Å². The second-order valence-corrected chi connectivity index (χ2v) is 6.41. The fourth-order valence-corrected chi connectivity index (χ4v) is 2.75. The lowest BCUT2D eigenvalue weighted by Crippen LogP contribution is -2.32. The zero-order valence-corrected chi connectivity index (χ0v) is 15.0. The molecular formula is C21H27NO2. The third-order valence-electron chi connectivity index (χ3n) is 4.25. The van der Waals surface area contributed by atoms with Crippen LogP contribution >= 0.6 is 0 Å². The molecule has 0 saturated heterocycles. The molecule has 2 rings (SSSR count). The average Bonchev–Trinajstić information content (AvgIpc) is 2.60. The lowest BCUT2D eigenvalue weighted by atomic mass is 9.94. The summed E-state index contributed by atoms with van der Waals surface area (Å²) >= 11 is 0. The van der Waals surface area contributed by atoms with Crippen LogP contribution in [0.4, 0.5) is 0 Å². The number of ether oxygens (including phenoxy) is 1.